The molecule has 0 radical (unpaired) electrons. The molecule has 2 aromatic rings. The predicted molar refractivity (Wildman–Crippen MR) is 72.6 cm³/mol. The second-order valence-corrected chi connectivity index (χ2v) is 5.24. The Morgan fingerprint density at radius 3 is 2.70 bits per heavy atom. The van der Waals surface area contributed by atoms with Crippen molar-refractivity contribution in [1.82, 2.24) is 14.9 Å². The van der Waals surface area contributed by atoms with E-state index in [4.69, 9.17) is 0 Å². The van der Waals surface area contributed by atoms with Gasteiger partial charge >= 0.3 is 0 Å². The molecule has 5 heteroatoms. The van der Waals surface area contributed by atoms with Crippen LogP contribution in [0.4, 0.5) is 0 Å². The molecule has 3 rings (SSSR count). The van der Waals surface area contributed by atoms with Crippen molar-refractivity contribution in [3.05, 3.63) is 54.1 Å². The van der Waals surface area contributed by atoms with Crippen molar-refractivity contribution in [3.63, 3.8) is 0 Å². The molecule has 0 bridgehead atoms. The summed E-state index contributed by atoms with van der Waals surface area (Å²) in [6.45, 7) is 2.08. The Bertz CT molecular complexity index is 636. The van der Waals surface area contributed by atoms with Crippen LogP contribution in [0.25, 0.3) is 0 Å². The molecule has 0 spiro atoms. The molecule has 1 aromatic carbocycles. The molecule has 0 saturated carbocycles. The van der Waals surface area contributed by atoms with Crippen molar-refractivity contribution in [2.24, 2.45) is 0 Å². The molecule has 2 heterocycles. The zero-order valence-electron chi connectivity index (χ0n) is 11.2. The molecule has 1 fully saturated rings. The number of aromatic nitrogens is 2. The summed E-state index contributed by atoms with van der Waals surface area (Å²) in [5.41, 5.74) is 0.868. The number of H-pyrrole nitrogens is 1. The maximum absolute atomic E-state index is 12.6. The number of hydrogen-bond donors (Lipinski definition) is 1. The number of rotatable bonds is 3. The van der Waals surface area contributed by atoms with E-state index < -0.39 is 5.41 Å². The van der Waals surface area contributed by atoms with Crippen LogP contribution in [-0.4, -0.2) is 26.7 Å². The van der Waals surface area contributed by atoms with Crippen LogP contribution in [0.5, 0.6) is 0 Å². The third-order valence-corrected chi connectivity index (χ3v) is 3.82. The van der Waals surface area contributed by atoms with E-state index in [1.54, 1.807) is 6.20 Å². The lowest BCUT2D eigenvalue weighted by Crippen LogP contribution is -2.36. The van der Waals surface area contributed by atoms with Crippen LogP contribution in [0.15, 0.2) is 42.9 Å². The standard InChI is InChI=1S/C15H15N3O2/c1-15(11-5-3-2-4-6-11)7-13(19)18(14(15)20)9-12-8-16-10-17-12/h2-6,8,10H,7,9H2,1H3,(H,16,17). The molecule has 1 aliphatic heterocycles. The number of amides is 2. The average molecular weight is 269 g/mol. The van der Waals surface area contributed by atoms with E-state index in [1.807, 2.05) is 37.3 Å². The molecule has 102 valence electrons. The molecule has 5 nitrogen and oxygen atoms in total. The number of nitrogens with one attached hydrogen (secondary N) is 1. The van der Waals surface area contributed by atoms with E-state index >= 15 is 0 Å². The number of carbonyl (C=O) groups is 2. The molecule has 1 aromatic heterocycles. The van der Waals surface area contributed by atoms with Gasteiger partial charge in [-0.25, -0.2) is 4.98 Å². The molecule has 20 heavy (non-hydrogen) atoms. The van der Waals surface area contributed by atoms with Crippen molar-refractivity contribution in [3.8, 4) is 0 Å². The number of likely N-dealkylation sites (tertiary alicyclic amines) is 1. The highest BCUT2D eigenvalue weighted by Crippen LogP contribution is 2.36. The average Bonchev–Trinajstić information content (AvgIpc) is 3.04. The summed E-state index contributed by atoms with van der Waals surface area (Å²) >= 11 is 0. The third-order valence-electron chi connectivity index (χ3n) is 3.82. The van der Waals surface area contributed by atoms with E-state index in [1.165, 1.54) is 11.2 Å². The van der Waals surface area contributed by atoms with Crippen LogP contribution in [0.1, 0.15) is 24.6 Å². The van der Waals surface area contributed by atoms with E-state index in [0.29, 0.717) is 0 Å². The van der Waals surface area contributed by atoms with Gasteiger partial charge in [0.15, 0.2) is 0 Å². The van der Waals surface area contributed by atoms with E-state index in [2.05, 4.69) is 9.97 Å². The van der Waals surface area contributed by atoms with Crippen LogP contribution in [0.3, 0.4) is 0 Å². The number of nitrogens with zero attached hydrogens (tertiary/aromatic N) is 2. The minimum absolute atomic E-state index is 0.143. The molecule has 1 N–H and O–H groups in total. The maximum atomic E-state index is 12.6. The molecular weight excluding hydrogens is 254 g/mol. The Morgan fingerprint density at radius 2 is 2.05 bits per heavy atom. The van der Waals surface area contributed by atoms with Gasteiger partial charge in [0.2, 0.25) is 11.8 Å². The molecule has 1 atom stereocenters. The maximum Gasteiger partial charge on any atom is 0.240 e. The number of aromatic amines is 1. The number of hydrogen-bond acceptors (Lipinski definition) is 3. The Balaban J connectivity index is 1.90. The number of imidazole rings is 1. The number of carbonyl (C=O) groups excluding carboxylic acids is 2. The van der Waals surface area contributed by atoms with Crippen LogP contribution < -0.4 is 0 Å². The first kappa shape index (κ1) is 12.6. The molecule has 2 amide bonds. The summed E-state index contributed by atoms with van der Waals surface area (Å²) in [6, 6.07) is 9.46. The van der Waals surface area contributed by atoms with Gasteiger partial charge in [0.1, 0.15) is 0 Å². The fraction of sp³-hybridized carbons (Fsp3) is 0.267. The van der Waals surface area contributed by atoms with Gasteiger partial charge in [-0.15, -0.1) is 0 Å². The monoisotopic (exact) mass is 269 g/mol. The van der Waals surface area contributed by atoms with Gasteiger partial charge in [-0.3, -0.25) is 14.5 Å². The molecule has 1 saturated heterocycles. The van der Waals surface area contributed by atoms with Crippen LogP contribution in [0.2, 0.25) is 0 Å². The van der Waals surface area contributed by atoms with Gasteiger partial charge in [-0.1, -0.05) is 30.3 Å². The Labute approximate surface area is 116 Å². The largest absolute Gasteiger partial charge is 0.347 e. The van der Waals surface area contributed by atoms with Crippen LogP contribution in [-0.2, 0) is 21.5 Å². The summed E-state index contributed by atoms with van der Waals surface area (Å²) < 4.78 is 0. The first-order chi connectivity index (χ1) is 9.61. The topological polar surface area (TPSA) is 66.1 Å². The van der Waals surface area contributed by atoms with E-state index in [-0.39, 0.29) is 24.8 Å². The van der Waals surface area contributed by atoms with Crippen molar-refractivity contribution in [2.75, 3.05) is 0 Å². The fourth-order valence-electron chi connectivity index (χ4n) is 2.62. The predicted octanol–water partition coefficient (Wildman–Crippen LogP) is 1.63. The second kappa shape index (κ2) is 4.59. The summed E-state index contributed by atoms with van der Waals surface area (Å²) in [6.07, 6.45) is 3.37. The summed E-state index contributed by atoms with van der Waals surface area (Å²) in [5.74, 6) is -0.292. The second-order valence-electron chi connectivity index (χ2n) is 5.24. The van der Waals surface area contributed by atoms with Crippen LogP contribution >= 0.6 is 0 Å². The normalized spacial score (nSPS) is 22.6. The minimum Gasteiger partial charge on any atom is -0.347 e. The lowest BCUT2D eigenvalue weighted by molar-refractivity contribution is -0.140. The fourth-order valence-corrected chi connectivity index (χ4v) is 2.62. The first-order valence-corrected chi connectivity index (χ1v) is 6.49. The smallest absolute Gasteiger partial charge is 0.240 e. The van der Waals surface area contributed by atoms with Gasteiger partial charge in [-0.2, -0.15) is 0 Å². The van der Waals surface area contributed by atoms with Gasteiger partial charge in [0.05, 0.1) is 24.0 Å². The quantitative estimate of drug-likeness (QED) is 0.861. The lowest BCUT2D eigenvalue weighted by Gasteiger charge is -2.22. The van der Waals surface area contributed by atoms with Gasteiger partial charge in [0.25, 0.3) is 0 Å². The highest BCUT2D eigenvalue weighted by atomic mass is 16.2. The number of imide groups is 1. The summed E-state index contributed by atoms with van der Waals surface area (Å²) in [4.78, 5) is 32.9. The third kappa shape index (κ3) is 1.91. The lowest BCUT2D eigenvalue weighted by atomic mass is 9.81. The molecule has 1 aliphatic rings. The van der Waals surface area contributed by atoms with Crippen molar-refractivity contribution in [1.29, 1.82) is 0 Å². The highest BCUT2D eigenvalue weighted by molar-refractivity contribution is 6.08. The van der Waals surface area contributed by atoms with Crippen molar-refractivity contribution < 1.29 is 9.59 Å². The SMILES string of the molecule is CC1(c2ccccc2)CC(=O)N(Cc2cnc[nH]2)C1=O. The molecular formula is C15H15N3O2. The first-order valence-electron chi connectivity index (χ1n) is 6.49. The molecule has 0 aliphatic carbocycles. The summed E-state index contributed by atoms with van der Waals surface area (Å²) in [7, 11) is 0. The van der Waals surface area contributed by atoms with Gasteiger partial charge in [-0.05, 0) is 12.5 Å². The zero-order valence-corrected chi connectivity index (χ0v) is 11.2. The van der Waals surface area contributed by atoms with Gasteiger partial charge in [0, 0.05) is 12.6 Å². The minimum atomic E-state index is -0.766. The zero-order chi connectivity index (χ0) is 14.2. The number of benzene rings is 1. The van der Waals surface area contributed by atoms with E-state index in [0.717, 1.165) is 11.3 Å². The highest BCUT2D eigenvalue weighted by Gasteiger charge is 2.49. The van der Waals surface area contributed by atoms with E-state index in [9.17, 15) is 9.59 Å². The Kier molecular flexibility index (Phi) is 2.89. The van der Waals surface area contributed by atoms with Gasteiger partial charge < -0.3 is 4.98 Å². The van der Waals surface area contributed by atoms with Crippen LogP contribution in [0, 0.1) is 0 Å². The summed E-state index contributed by atoms with van der Waals surface area (Å²) in [5, 5.41) is 0. The Hall–Kier alpha value is -2.43. The molecule has 1 unspecified atom stereocenters. The Morgan fingerprint density at radius 1 is 1.30 bits per heavy atom. The van der Waals surface area contributed by atoms with Crippen molar-refractivity contribution in [2.45, 2.75) is 25.3 Å². The van der Waals surface area contributed by atoms with Crippen molar-refractivity contribution >= 4 is 11.8 Å².